The second-order valence-electron chi connectivity index (χ2n) is 7.39. The van der Waals surface area contributed by atoms with Crippen LogP contribution >= 0.6 is 24.0 Å². The summed E-state index contributed by atoms with van der Waals surface area (Å²) in [6, 6.07) is 14.4. The van der Waals surface area contributed by atoms with Gasteiger partial charge >= 0.3 is 0 Å². The van der Waals surface area contributed by atoms with E-state index < -0.39 is 0 Å². The zero-order valence-electron chi connectivity index (χ0n) is 16.8. The Morgan fingerprint density at radius 2 is 1.70 bits per heavy atom. The molecule has 0 spiro atoms. The predicted octanol–water partition coefficient (Wildman–Crippen LogP) is 2.58. The standard InChI is InChI=1S/C22H26FN5O.HI/c23-18-5-7-19(8-6-18)26-13-15-28(16-14-26)22(24)25-10-12-27-11-9-17-3-1-2-4-20(17)21(27)29;/h1-8H,9-16H2,(H2,24,25);1H. The number of aliphatic imine (C=N–C) groups is 1. The number of fused-ring (bicyclic) bond motifs is 1. The van der Waals surface area contributed by atoms with Crippen LogP contribution in [0.1, 0.15) is 15.9 Å². The lowest BCUT2D eigenvalue weighted by molar-refractivity contribution is 0.0745. The minimum Gasteiger partial charge on any atom is -0.370 e. The molecule has 2 heterocycles. The molecule has 2 N–H and O–H groups in total. The maximum Gasteiger partial charge on any atom is 0.254 e. The van der Waals surface area contributed by atoms with E-state index in [4.69, 9.17) is 5.73 Å². The number of amides is 1. The number of piperazine rings is 1. The fraction of sp³-hybridized carbons (Fsp3) is 0.364. The molecule has 8 heteroatoms. The summed E-state index contributed by atoms with van der Waals surface area (Å²) in [4.78, 5) is 23.2. The molecule has 0 saturated carbocycles. The van der Waals surface area contributed by atoms with Gasteiger partial charge in [-0.3, -0.25) is 9.79 Å². The molecule has 1 amide bonds. The number of carbonyl (C=O) groups excluding carboxylic acids is 1. The Hall–Kier alpha value is -2.36. The third kappa shape index (κ3) is 5.03. The Balaban J connectivity index is 0.00000256. The molecule has 2 aliphatic rings. The topological polar surface area (TPSA) is 65.2 Å². The first-order chi connectivity index (χ1) is 14.1. The van der Waals surface area contributed by atoms with Gasteiger partial charge in [-0.2, -0.15) is 0 Å². The maximum atomic E-state index is 13.1. The molecule has 1 fully saturated rings. The summed E-state index contributed by atoms with van der Waals surface area (Å²) in [6.07, 6.45) is 0.881. The lowest BCUT2D eigenvalue weighted by Gasteiger charge is -2.36. The Morgan fingerprint density at radius 1 is 1.00 bits per heavy atom. The van der Waals surface area contributed by atoms with Gasteiger partial charge in [-0.25, -0.2) is 4.39 Å². The van der Waals surface area contributed by atoms with Gasteiger partial charge in [0, 0.05) is 50.5 Å². The Kier molecular flexibility index (Phi) is 7.52. The van der Waals surface area contributed by atoms with Gasteiger partial charge in [0.25, 0.3) is 5.91 Å². The SMILES string of the molecule is I.NC(=NCCN1CCc2ccccc2C1=O)N1CCN(c2ccc(F)cc2)CC1. The van der Waals surface area contributed by atoms with Gasteiger partial charge in [-0.15, -0.1) is 24.0 Å². The zero-order chi connectivity index (χ0) is 20.2. The normalized spacial score (nSPS) is 16.9. The molecule has 4 rings (SSSR count). The van der Waals surface area contributed by atoms with Crippen molar-refractivity contribution in [3.8, 4) is 0 Å². The molecule has 160 valence electrons. The molecule has 2 aliphatic heterocycles. The molecule has 1 saturated heterocycles. The van der Waals surface area contributed by atoms with Crippen LogP contribution in [0.5, 0.6) is 0 Å². The van der Waals surface area contributed by atoms with Crippen molar-refractivity contribution in [1.82, 2.24) is 9.80 Å². The molecule has 0 aromatic heterocycles. The van der Waals surface area contributed by atoms with E-state index in [0.717, 1.165) is 56.0 Å². The molecular weight excluding hydrogens is 496 g/mol. The third-order valence-corrected chi connectivity index (χ3v) is 5.63. The number of rotatable bonds is 4. The Bertz CT molecular complexity index is 897. The van der Waals surface area contributed by atoms with Crippen molar-refractivity contribution in [3.63, 3.8) is 0 Å². The van der Waals surface area contributed by atoms with Gasteiger partial charge in [0.15, 0.2) is 5.96 Å². The molecule has 0 bridgehead atoms. The van der Waals surface area contributed by atoms with Crippen LogP contribution in [0.2, 0.25) is 0 Å². The number of halogens is 2. The van der Waals surface area contributed by atoms with Crippen molar-refractivity contribution >= 4 is 41.5 Å². The molecule has 30 heavy (non-hydrogen) atoms. The van der Waals surface area contributed by atoms with Gasteiger partial charge in [0.05, 0.1) is 6.54 Å². The first-order valence-corrected chi connectivity index (χ1v) is 10.0. The number of nitrogens with zero attached hydrogens (tertiary/aromatic N) is 4. The highest BCUT2D eigenvalue weighted by Crippen LogP contribution is 2.19. The first-order valence-electron chi connectivity index (χ1n) is 10.0. The second kappa shape index (κ2) is 10.1. The van der Waals surface area contributed by atoms with Gasteiger partial charge in [-0.05, 0) is 42.3 Å². The molecule has 2 aromatic carbocycles. The minimum atomic E-state index is -0.223. The summed E-state index contributed by atoms with van der Waals surface area (Å²) in [5.41, 5.74) is 9.12. The van der Waals surface area contributed by atoms with E-state index in [9.17, 15) is 9.18 Å². The van der Waals surface area contributed by atoms with Gasteiger partial charge in [0.2, 0.25) is 0 Å². The summed E-state index contributed by atoms with van der Waals surface area (Å²) in [5, 5.41) is 0. The summed E-state index contributed by atoms with van der Waals surface area (Å²) in [5.74, 6) is 0.376. The Morgan fingerprint density at radius 3 is 2.43 bits per heavy atom. The van der Waals surface area contributed by atoms with Crippen molar-refractivity contribution in [2.45, 2.75) is 6.42 Å². The van der Waals surface area contributed by atoms with E-state index in [1.807, 2.05) is 29.2 Å². The number of hydrogen-bond acceptors (Lipinski definition) is 3. The number of guanidine groups is 1. The molecule has 6 nitrogen and oxygen atoms in total. The molecule has 0 atom stereocenters. The lowest BCUT2D eigenvalue weighted by Crippen LogP contribution is -2.51. The lowest BCUT2D eigenvalue weighted by atomic mass is 9.99. The molecule has 0 aliphatic carbocycles. The number of carbonyl (C=O) groups is 1. The van der Waals surface area contributed by atoms with Crippen LogP contribution in [0.25, 0.3) is 0 Å². The van der Waals surface area contributed by atoms with Crippen molar-refractivity contribution in [2.75, 3.05) is 50.7 Å². The van der Waals surface area contributed by atoms with E-state index in [1.54, 1.807) is 12.1 Å². The van der Waals surface area contributed by atoms with Crippen LogP contribution in [0, 0.1) is 5.82 Å². The predicted molar refractivity (Wildman–Crippen MR) is 128 cm³/mol. The number of nitrogens with two attached hydrogens (primary N) is 1. The van der Waals surface area contributed by atoms with Crippen LogP contribution in [-0.2, 0) is 6.42 Å². The summed E-state index contributed by atoms with van der Waals surface area (Å²) in [6.45, 7) is 4.95. The average Bonchev–Trinajstić information content (AvgIpc) is 2.76. The zero-order valence-corrected chi connectivity index (χ0v) is 19.2. The van der Waals surface area contributed by atoms with Crippen molar-refractivity contribution in [3.05, 3.63) is 65.5 Å². The van der Waals surface area contributed by atoms with Crippen molar-refractivity contribution in [2.24, 2.45) is 10.7 Å². The summed E-state index contributed by atoms with van der Waals surface area (Å²) >= 11 is 0. The maximum absolute atomic E-state index is 13.1. The largest absolute Gasteiger partial charge is 0.370 e. The molecule has 0 unspecified atom stereocenters. The van der Waals surface area contributed by atoms with E-state index >= 15 is 0 Å². The summed E-state index contributed by atoms with van der Waals surface area (Å²) in [7, 11) is 0. The highest BCUT2D eigenvalue weighted by atomic mass is 127. The number of benzene rings is 2. The molecular formula is C22H27FIN5O. The molecule has 2 aromatic rings. The highest BCUT2D eigenvalue weighted by Gasteiger charge is 2.23. The highest BCUT2D eigenvalue weighted by molar-refractivity contribution is 14.0. The van der Waals surface area contributed by atoms with Gasteiger partial charge < -0.3 is 20.4 Å². The third-order valence-electron chi connectivity index (χ3n) is 5.63. The smallest absolute Gasteiger partial charge is 0.254 e. The van der Waals surface area contributed by atoms with Gasteiger partial charge in [0.1, 0.15) is 5.82 Å². The van der Waals surface area contributed by atoms with Crippen LogP contribution in [0.15, 0.2) is 53.5 Å². The van der Waals surface area contributed by atoms with Crippen LogP contribution in [0.3, 0.4) is 0 Å². The first kappa shape index (κ1) is 22.3. The Labute approximate surface area is 193 Å². The number of hydrogen-bond donors (Lipinski definition) is 1. The number of anilines is 1. The monoisotopic (exact) mass is 523 g/mol. The van der Waals surface area contributed by atoms with E-state index in [0.29, 0.717) is 19.0 Å². The minimum absolute atomic E-state index is 0. The average molecular weight is 523 g/mol. The fourth-order valence-corrected chi connectivity index (χ4v) is 3.92. The fourth-order valence-electron chi connectivity index (χ4n) is 3.92. The van der Waals surface area contributed by atoms with Crippen molar-refractivity contribution in [1.29, 1.82) is 0 Å². The van der Waals surface area contributed by atoms with Crippen molar-refractivity contribution < 1.29 is 9.18 Å². The second-order valence-corrected chi connectivity index (χ2v) is 7.39. The van der Waals surface area contributed by atoms with Crippen LogP contribution < -0.4 is 10.6 Å². The van der Waals surface area contributed by atoms with Gasteiger partial charge in [-0.1, -0.05) is 18.2 Å². The van der Waals surface area contributed by atoms with Crippen LogP contribution in [0.4, 0.5) is 10.1 Å². The quantitative estimate of drug-likeness (QED) is 0.380. The van der Waals surface area contributed by atoms with E-state index in [2.05, 4.69) is 14.8 Å². The molecule has 0 radical (unpaired) electrons. The van der Waals surface area contributed by atoms with E-state index in [1.165, 1.54) is 12.1 Å². The van der Waals surface area contributed by atoms with E-state index in [-0.39, 0.29) is 35.7 Å². The summed E-state index contributed by atoms with van der Waals surface area (Å²) < 4.78 is 13.1. The van der Waals surface area contributed by atoms with Crippen LogP contribution in [-0.4, -0.2) is 67.5 Å².